The van der Waals surface area contributed by atoms with E-state index in [1.54, 1.807) is 0 Å². The third-order valence-corrected chi connectivity index (χ3v) is 5.58. The van der Waals surface area contributed by atoms with Crippen molar-refractivity contribution in [1.29, 1.82) is 0 Å². The lowest BCUT2D eigenvalue weighted by atomic mass is 10.1. The molecular formula is C18H28N4S. The fourth-order valence-electron chi connectivity index (χ4n) is 3.19. The molecule has 2 aliphatic heterocycles. The first-order valence-electron chi connectivity index (χ1n) is 8.74. The van der Waals surface area contributed by atoms with Gasteiger partial charge in [-0.1, -0.05) is 30.7 Å². The Labute approximate surface area is 144 Å². The van der Waals surface area contributed by atoms with Crippen molar-refractivity contribution in [2.75, 3.05) is 37.7 Å². The maximum Gasteiger partial charge on any atom is 0.191 e. The van der Waals surface area contributed by atoms with E-state index in [1.807, 2.05) is 11.8 Å². The largest absolute Gasteiger partial charge is 0.370 e. The molecule has 2 N–H and O–H groups in total. The highest BCUT2D eigenvalue weighted by Gasteiger charge is 2.12. The number of hydrogen-bond acceptors (Lipinski definition) is 3. The smallest absolute Gasteiger partial charge is 0.191 e. The molecule has 0 aliphatic carbocycles. The quantitative estimate of drug-likeness (QED) is 0.680. The number of rotatable bonds is 4. The molecule has 2 fully saturated rings. The van der Waals surface area contributed by atoms with Crippen molar-refractivity contribution in [3.63, 3.8) is 0 Å². The van der Waals surface area contributed by atoms with Gasteiger partial charge in [0, 0.05) is 31.1 Å². The first kappa shape index (κ1) is 16.7. The number of nitrogens with two attached hydrogens (primary N) is 1. The van der Waals surface area contributed by atoms with Gasteiger partial charge in [0.05, 0.1) is 6.54 Å². The van der Waals surface area contributed by atoms with Gasteiger partial charge in [-0.2, -0.15) is 11.8 Å². The van der Waals surface area contributed by atoms with E-state index < -0.39 is 0 Å². The van der Waals surface area contributed by atoms with E-state index in [0.29, 0.717) is 12.5 Å². The number of benzene rings is 1. The molecule has 23 heavy (non-hydrogen) atoms. The number of nitrogens with zero attached hydrogens (tertiary/aromatic N) is 3. The highest BCUT2D eigenvalue weighted by atomic mass is 32.2. The monoisotopic (exact) mass is 332 g/mol. The number of likely N-dealkylation sites (tertiary alicyclic amines) is 1. The Bertz CT molecular complexity index is 502. The minimum absolute atomic E-state index is 0.680. The second kappa shape index (κ2) is 8.60. The molecule has 2 heterocycles. The van der Waals surface area contributed by atoms with Crippen molar-refractivity contribution in [1.82, 2.24) is 9.80 Å². The molecule has 126 valence electrons. The lowest BCUT2D eigenvalue weighted by Gasteiger charge is -2.27. The summed E-state index contributed by atoms with van der Waals surface area (Å²) in [4.78, 5) is 9.32. The van der Waals surface area contributed by atoms with Crippen LogP contribution in [0.5, 0.6) is 0 Å². The molecule has 4 nitrogen and oxygen atoms in total. The zero-order chi connectivity index (χ0) is 15.9. The van der Waals surface area contributed by atoms with Gasteiger partial charge in [-0.15, -0.1) is 0 Å². The van der Waals surface area contributed by atoms with Crippen molar-refractivity contribution >= 4 is 17.7 Å². The van der Waals surface area contributed by atoms with Crippen LogP contribution in [-0.2, 0) is 13.1 Å². The lowest BCUT2D eigenvalue weighted by Crippen LogP contribution is -2.42. The van der Waals surface area contributed by atoms with Crippen LogP contribution in [0.3, 0.4) is 0 Å². The van der Waals surface area contributed by atoms with E-state index in [-0.39, 0.29) is 0 Å². The fourth-order valence-corrected chi connectivity index (χ4v) is 4.09. The SMILES string of the molecule is NC(=NCc1ccc(CN2CCCCC2)cc1)N1CCSCC1. The van der Waals surface area contributed by atoms with Crippen LogP contribution in [0.4, 0.5) is 0 Å². The highest BCUT2D eigenvalue weighted by molar-refractivity contribution is 7.99. The molecule has 0 atom stereocenters. The average Bonchev–Trinajstić information content (AvgIpc) is 2.62. The van der Waals surface area contributed by atoms with Crippen LogP contribution >= 0.6 is 11.8 Å². The summed E-state index contributed by atoms with van der Waals surface area (Å²) in [6.45, 7) is 6.30. The first-order chi connectivity index (χ1) is 11.3. The molecule has 0 saturated carbocycles. The van der Waals surface area contributed by atoms with Gasteiger partial charge in [0.25, 0.3) is 0 Å². The van der Waals surface area contributed by atoms with Gasteiger partial charge >= 0.3 is 0 Å². The summed E-state index contributed by atoms with van der Waals surface area (Å²) in [6.07, 6.45) is 4.09. The standard InChI is InChI=1S/C18H28N4S/c19-18(22-10-12-23-13-11-22)20-14-16-4-6-17(7-5-16)15-21-8-2-1-3-9-21/h4-7H,1-3,8-15H2,(H2,19,20). The molecule has 2 saturated heterocycles. The van der Waals surface area contributed by atoms with Gasteiger partial charge in [-0.05, 0) is 37.1 Å². The van der Waals surface area contributed by atoms with Crippen LogP contribution < -0.4 is 5.73 Å². The second-order valence-corrected chi connectivity index (χ2v) is 7.65. The Morgan fingerprint density at radius 1 is 0.957 bits per heavy atom. The molecular weight excluding hydrogens is 304 g/mol. The predicted molar refractivity (Wildman–Crippen MR) is 99.8 cm³/mol. The van der Waals surface area contributed by atoms with Crippen LogP contribution in [0, 0.1) is 0 Å². The Morgan fingerprint density at radius 2 is 1.61 bits per heavy atom. The Morgan fingerprint density at radius 3 is 2.30 bits per heavy atom. The van der Waals surface area contributed by atoms with E-state index >= 15 is 0 Å². The summed E-state index contributed by atoms with van der Waals surface area (Å²) >= 11 is 1.99. The molecule has 2 aliphatic rings. The van der Waals surface area contributed by atoms with Gasteiger partial charge in [0.1, 0.15) is 0 Å². The summed E-state index contributed by atoms with van der Waals surface area (Å²) in [7, 11) is 0. The second-order valence-electron chi connectivity index (χ2n) is 6.43. The number of thioether (sulfide) groups is 1. The topological polar surface area (TPSA) is 44.9 Å². The van der Waals surface area contributed by atoms with Crippen molar-refractivity contribution < 1.29 is 0 Å². The molecule has 0 radical (unpaired) electrons. The zero-order valence-corrected chi connectivity index (χ0v) is 14.7. The van der Waals surface area contributed by atoms with Crippen molar-refractivity contribution in [2.45, 2.75) is 32.4 Å². The number of hydrogen-bond donors (Lipinski definition) is 1. The molecule has 1 aromatic carbocycles. The van der Waals surface area contributed by atoms with E-state index in [4.69, 9.17) is 5.73 Å². The van der Waals surface area contributed by atoms with Crippen LogP contribution in [0.25, 0.3) is 0 Å². The van der Waals surface area contributed by atoms with Gasteiger partial charge in [0.2, 0.25) is 0 Å². The Kier molecular flexibility index (Phi) is 6.22. The van der Waals surface area contributed by atoms with Crippen LogP contribution in [-0.4, -0.2) is 53.4 Å². The van der Waals surface area contributed by atoms with Crippen LogP contribution in [0.2, 0.25) is 0 Å². The normalized spacial score (nSPS) is 20.7. The molecule has 0 bridgehead atoms. The maximum atomic E-state index is 6.11. The van der Waals surface area contributed by atoms with Gasteiger partial charge in [-0.3, -0.25) is 4.90 Å². The molecule has 3 rings (SSSR count). The number of piperidine rings is 1. The molecule has 1 aromatic rings. The fraction of sp³-hybridized carbons (Fsp3) is 0.611. The van der Waals surface area contributed by atoms with Crippen molar-refractivity contribution in [3.05, 3.63) is 35.4 Å². The summed E-state index contributed by atoms with van der Waals surface area (Å²) in [6, 6.07) is 8.88. The predicted octanol–water partition coefficient (Wildman–Crippen LogP) is 2.54. The molecule has 0 aromatic heterocycles. The van der Waals surface area contributed by atoms with E-state index in [9.17, 15) is 0 Å². The van der Waals surface area contributed by atoms with Crippen molar-refractivity contribution in [3.8, 4) is 0 Å². The highest BCUT2D eigenvalue weighted by Crippen LogP contribution is 2.14. The van der Waals surface area contributed by atoms with Gasteiger partial charge in [0.15, 0.2) is 5.96 Å². The summed E-state index contributed by atoms with van der Waals surface area (Å²) < 4.78 is 0. The number of aliphatic imine (C=N–C) groups is 1. The van der Waals surface area contributed by atoms with E-state index in [1.165, 1.54) is 43.5 Å². The molecule has 5 heteroatoms. The maximum absolute atomic E-state index is 6.11. The van der Waals surface area contributed by atoms with E-state index in [0.717, 1.165) is 31.1 Å². The summed E-state index contributed by atoms with van der Waals surface area (Å²) in [5.74, 6) is 3.01. The Hall–Kier alpha value is -1.20. The third-order valence-electron chi connectivity index (χ3n) is 4.64. The Balaban J connectivity index is 1.50. The average molecular weight is 333 g/mol. The van der Waals surface area contributed by atoms with Crippen LogP contribution in [0.15, 0.2) is 29.3 Å². The molecule has 0 amide bonds. The number of guanidine groups is 1. The van der Waals surface area contributed by atoms with Gasteiger partial charge < -0.3 is 10.6 Å². The molecule has 0 spiro atoms. The van der Waals surface area contributed by atoms with Gasteiger partial charge in [-0.25, -0.2) is 4.99 Å². The lowest BCUT2D eigenvalue weighted by molar-refractivity contribution is 0.221. The molecule has 0 unspecified atom stereocenters. The third kappa shape index (κ3) is 5.15. The van der Waals surface area contributed by atoms with Crippen LogP contribution in [0.1, 0.15) is 30.4 Å². The minimum atomic E-state index is 0.680. The van der Waals surface area contributed by atoms with Crippen molar-refractivity contribution in [2.24, 2.45) is 10.7 Å². The first-order valence-corrected chi connectivity index (χ1v) is 9.89. The summed E-state index contributed by atoms with van der Waals surface area (Å²) in [5, 5.41) is 0. The van der Waals surface area contributed by atoms with E-state index in [2.05, 4.69) is 39.1 Å². The minimum Gasteiger partial charge on any atom is -0.370 e. The summed E-state index contributed by atoms with van der Waals surface area (Å²) in [5.41, 5.74) is 8.75. The zero-order valence-electron chi connectivity index (χ0n) is 13.9.